The fraction of sp³-hybridized carbons (Fsp3) is 0.0870. The van der Waals surface area contributed by atoms with Crippen LogP contribution in [0.3, 0.4) is 0 Å². The van der Waals surface area contributed by atoms with Crippen molar-refractivity contribution in [3.8, 4) is 0 Å². The van der Waals surface area contributed by atoms with Gasteiger partial charge < -0.3 is 0 Å². The van der Waals surface area contributed by atoms with Gasteiger partial charge in [-0.25, -0.2) is 0 Å². The normalized spacial score (nSPS) is 10.8. The molecule has 0 amide bonds. The van der Waals surface area contributed by atoms with E-state index in [1.54, 1.807) is 0 Å². The maximum Gasteiger partial charge on any atom is 0.0705 e. The summed E-state index contributed by atoms with van der Waals surface area (Å²) in [6, 6.07) is 31.9. The number of hydrogen-bond donors (Lipinski definition) is 0. The monoisotopic (exact) mass is 309 g/mol. The number of aromatic nitrogens is 1. The van der Waals surface area contributed by atoms with Crippen molar-refractivity contribution in [2.75, 3.05) is 0 Å². The average Bonchev–Trinajstić information content (AvgIpc) is 2.64. The first-order chi connectivity index (χ1) is 11.9. The first kappa shape index (κ1) is 14.6. The Labute approximate surface area is 142 Å². The molecule has 1 aromatic heterocycles. The van der Waals surface area contributed by atoms with Crippen molar-refractivity contribution >= 4 is 10.9 Å². The van der Waals surface area contributed by atoms with Crippen molar-refractivity contribution < 1.29 is 0 Å². The minimum absolute atomic E-state index is 0.869. The lowest BCUT2D eigenvalue weighted by Gasteiger charge is -2.11. The van der Waals surface area contributed by atoms with Crippen molar-refractivity contribution in [2.24, 2.45) is 0 Å². The van der Waals surface area contributed by atoms with Crippen molar-refractivity contribution in [1.82, 2.24) is 4.98 Å². The quantitative estimate of drug-likeness (QED) is 0.491. The van der Waals surface area contributed by atoms with Gasteiger partial charge in [-0.3, -0.25) is 4.98 Å². The number of fused-ring (bicyclic) bond motifs is 1. The summed E-state index contributed by atoms with van der Waals surface area (Å²) in [5, 5.41) is 1.21. The van der Waals surface area contributed by atoms with E-state index in [9.17, 15) is 0 Å². The predicted molar refractivity (Wildman–Crippen MR) is 100 cm³/mol. The van der Waals surface area contributed by atoms with Crippen LogP contribution in [-0.2, 0) is 12.8 Å². The minimum Gasteiger partial charge on any atom is -0.252 e. The molecule has 0 aliphatic carbocycles. The van der Waals surface area contributed by atoms with E-state index >= 15 is 0 Å². The topological polar surface area (TPSA) is 12.9 Å². The molecule has 4 rings (SSSR count). The largest absolute Gasteiger partial charge is 0.252 e. The lowest BCUT2D eigenvalue weighted by molar-refractivity contribution is 1.03. The Bertz CT molecular complexity index is 863. The lowest BCUT2D eigenvalue weighted by atomic mass is 9.98. The molecule has 0 unspecified atom stereocenters. The molecule has 0 saturated carbocycles. The summed E-state index contributed by atoms with van der Waals surface area (Å²) in [5.41, 5.74) is 6.17. The highest BCUT2D eigenvalue weighted by Crippen LogP contribution is 2.22. The van der Waals surface area contributed by atoms with Crippen LogP contribution in [0, 0.1) is 0 Å². The zero-order valence-electron chi connectivity index (χ0n) is 13.5. The number of pyridine rings is 1. The zero-order valence-corrected chi connectivity index (χ0v) is 13.5. The molecule has 0 aliphatic heterocycles. The Kier molecular flexibility index (Phi) is 4.07. The third-order valence-corrected chi connectivity index (χ3v) is 4.34. The highest BCUT2D eigenvalue weighted by Gasteiger charge is 2.09. The molecule has 4 aromatic rings. The fourth-order valence-electron chi connectivity index (χ4n) is 3.11. The first-order valence-corrected chi connectivity index (χ1v) is 8.34. The molecule has 0 spiro atoms. The third-order valence-electron chi connectivity index (χ3n) is 4.34. The molecule has 0 aliphatic rings. The highest BCUT2D eigenvalue weighted by atomic mass is 14.7. The molecule has 0 bridgehead atoms. The number of benzene rings is 3. The smallest absolute Gasteiger partial charge is 0.0705 e. The van der Waals surface area contributed by atoms with Crippen LogP contribution >= 0.6 is 0 Å². The van der Waals surface area contributed by atoms with Crippen LogP contribution in [0.25, 0.3) is 10.9 Å². The van der Waals surface area contributed by atoms with E-state index in [-0.39, 0.29) is 0 Å². The SMILES string of the molecule is c1ccc(Cc2cc3ccccc3nc2Cc2ccccc2)cc1. The minimum atomic E-state index is 0.869. The second-order valence-electron chi connectivity index (χ2n) is 6.11. The molecule has 1 nitrogen and oxygen atoms in total. The van der Waals surface area contributed by atoms with Crippen LogP contribution in [0.1, 0.15) is 22.4 Å². The molecular weight excluding hydrogens is 290 g/mol. The van der Waals surface area contributed by atoms with Gasteiger partial charge in [0.25, 0.3) is 0 Å². The fourth-order valence-corrected chi connectivity index (χ4v) is 3.11. The molecule has 24 heavy (non-hydrogen) atoms. The van der Waals surface area contributed by atoms with Gasteiger partial charge >= 0.3 is 0 Å². The van der Waals surface area contributed by atoms with Gasteiger partial charge in [-0.1, -0.05) is 78.9 Å². The summed E-state index contributed by atoms with van der Waals surface area (Å²) < 4.78 is 0. The Morgan fingerprint density at radius 3 is 1.88 bits per heavy atom. The van der Waals surface area contributed by atoms with E-state index in [1.165, 1.54) is 27.8 Å². The molecule has 0 atom stereocenters. The molecule has 116 valence electrons. The van der Waals surface area contributed by atoms with Crippen LogP contribution in [0.2, 0.25) is 0 Å². The third kappa shape index (κ3) is 3.21. The number of hydrogen-bond acceptors (Lipinski definition) is 1. The van der Waals surface area contributed by atoms with Crippen LogP contribution in [0.5, 0.6) is 0 Å². The van der Waals surface area contributed by atoms with E-state index in [4.69, 9.17) is 4.98 Å². The maximum absolute atomic E-state index is 4.97. The summed E-state index contributed by atoms with van der Waals surface area (Å²) in [4.78, 5) is 4.97. The van der Waals surface area contributed by atoms with Crippen molar-refractivity contribution in [1.29, 1.82) is 0 Å². The van der Waals surface area contributed by atoms with Gasteiger partial charge in [0.2, 0.25) is 0 Å². The van der Waals surface area contributed by atoms with Crippen LogP contribution in [0.4, 0.5) is 0 Å². The van der Waals surface area contributed by atoms with E-state index in [1.807, 2.05) is 0 Å². The molecule has 3 aromatic carbocycles. The van der Waals surface area contributed by atoms with E-state index in [0.29, 0.717) is 0 Å². The second-order valence-corrected chi connectivity index (χ2v) is 6.11. The Morgan fingerprint density at radius 1 is 0.583 bits per heavy atom. The molecule has 0 N–H and O–H groups in total. The van der Waals surface area contributed by atoms with Gasteiger partial charge in [0, 0.05) is 17.5 Å². The molecule has 0 radical (unpaired) electrons. The summed E-state index contributed by atoms with van der Waals surface area (Å²) in [5.74, 6) is 0. The van der Waals surface area contributed by atoms with Gasteiger partial charge in [0.15, 0.2) is 0 Å². The Hall–Kier alpha value is -2.93. The van der Waals surface area contributed by atoms with Gasteiger partial charge in [0.1, 0.15) is 0 Å². The van der Waals surface area contributed by atoms with E-state index in [2.05, 4.69) is 91.0 Å². The zero-order chi connectivity index (χ0) is 16.2. The van der Waals surface area contributed by atoms with Crippen LogP contribution in [0.15, 0.2) is 91.0 Å². The standard InChI is InChI=1S/C23H19N/c1-3-9-18(10-4-1)15-21-17-20-13-7-8-14-22(20)24-23(21)16-19-11-5-2-6-12-19/h1-14,17H,15-16H2. The van der Waals surface area contributed by atoms with Crippen molar-refractivity contribution in [3.63, 3.8) is 0 Å². The number of rotatable bonds is 4. The van der Waals surface area contributed by atoms with Crippen LogP contribution < -0.4 is 0 Å². The Morgan fingerprint density at radius 2 is 1.17 bits per heavy atom. The molecule has 0 fully saturated rings. The first-order valence-electron chi connectivity index (χ1n) is 8.34. The van der Waals surface area contributed by atoms with Gasteiger partial charge in [-0.15, -0.1) is 0 Å². The predicted octanol–water partition coefficient (Wildman–Crippen LogP) is 5.42. The summed E-state index contributed by atoms with van der Waals surface area (Å²) >= 11 is 0. The maximum atomic E-state index is 4.97. The molecule has 1 heterocycles. The summed E-state index contributed by atoms with van der Waals surface area (Å²) in [6.45, 7) is 0. The highest BCUT2D eigenvalue weighted by molar-refractivity contribution is 5.79. The molecule has 0 saturated heterocycles. The van der Waals surface area contributed by atoms with Crippen molar-refractivity contribution in [3.05, 3.63) is 113 Å². The summed E-state index contributed by atoms with van der Waals surface area (Å²) in [7, 11) is 0. The van der Waals surface area contributed by atoms with Crippen LogP contribution in [-0.4, -0.2) is 4.98 Å². The Balaban J connectivity index is 1.78. The molecule has 1 heteroatoms. The van der Waals surface area contributed by atoms with E-state index in [0.717, 1.165) is 18.4 Å². The summed E-state index contributed by atoms with van der Waals surface area (Å²) in [6.07, 6.45) is 1.79. The number of para-hydroxylation sites is 1. The van der Waals surface area contributed by atoms with E-state index < -0.39 is 0 Å². The van der Waals surface area contributed by atoms with Gasteiger partial charge in [-0.05, 0) is 35.2 Å². The lowest BCUT2D eigenvalue weighted by Crippen LogP contribution is -2.01. The number of nitrogens with zero attached hydrogens (tertiary/aromatic N) is 1. The van der Waals surface area contributed by atoms with Gasteiger partial charge in [0.05, 0.1) is 5.52 Å². The van der Waals surface area contributed by atoms with Crippen molar-refractivity contribution in [2.45, 2.75) is 12.8 Å². The average molecular weight is 309 g/mol. The second kappa shape index (κ2) is 6.67. The molecular formula is C23H19N. The van der Waals surface area contributed by atoms with Gasteiger partial charge in [-0.2, -0.15) is 0 Å².